The number of fused-ring (bicyclic) bond motifs is 1. The molecule has 1 aromatic heterocycles. The van der Waals surface area contributed by atoms with Crippen molar-refractivity contribution in [2.24, 2.45) is 0 Å². The summed E-state index contributed by atoms with van der Waals surface area (Å²) >= 11 is 0. The maximum absolute atomic E-state index is 13.4. The van der Waals surface area contributed by atoms with Gasteiger partial charge < -0.3 is 20.4 Å². The first-order chi connectivity index (χ1) is 14.1. The number of nitrogens with one attached hydrogen (secondary N) is 2. The van der Waals surface area contributed by atoms with Crippen molar-refractivity contribution in [1.82, 2.24) is 20.2 Å². The molecule has 3 heterocycles. The van der Waals surface area contributed by atoms with Crippen LogP contribution >= 0.6 is 0 Å². The summed E-state index contributed by atoms with van der Waals surface area (Å²) in [6, 6.07) is 6.87. The third kappa shape index (κ3) is 4.48. The number of carbonyl (C=O) groups excluding carboxylic acids is 1. The van der Waals surface area contributed by atoms with Gasteiger partial charge in [0.15, 0.2) is 0 Å². The number of piperidine rings is 1. The van der Waals surface area contributed by atoms with E-state index in [1.54, 1.807) is 12.1 Å². The molecule has 1 aromatic carbocycles. The van der Waals surface area contributed by atoms with Crippen molar-refractivity contribution < 1.29 is 9.18 Å². The largest absolute Gasteiger partial charge is 0.369 e. The highest BCUT2D eigenvalue weighted by Crippen LogP contribution is 2.29. The van der Waals surface area contributed by atoms with Gasteiger partial charge in [0.1, 0.15) is 23.8 Å². The number of nitrogens with zero attached hydrogens (tertiary/aromatic N) is 4. The summed E-state index contributed by atoms with van der Waals surface area (Å²) in [5.41, 5.74) is 1.87. The van der Waals surface area contributed by atoms with Crippen LogP contribution in [0.3, 0.4) is 0 Å². The average molecular weight is 398 g/mol. The molecular formula is C21H27FN6O. The topological polar surface area (TPSA) is 73.4 Å². The Hall–Kier alpha value is -2.74. The predicted octanol–water partition coefficient (Wildman–Crippen LogP) is 1.80. The van der Waals surface area contributed by atoms with E-state index in [1.807, 2.05) is 22.9 Å². The minimum atomic E-state index is -0.226. The Morgan fingerprint density at radius 3 is 2.86 bits per heavy atom. The molecule has 8 heteroatoms. The van der Waals surface area contributed by atoms with Crippen LogP contribution in [-0.2, 0) is 17.8 Å². The van der Waals surface area contributed by atoms with Crippen molar-refractivity contribution in [3.8, 4) is 0 Å². The highest BCUT2D eigenvalue weighted by molar-refractivity contribution is 5.84. The quantitative estimate of drug-likeness (QED) is 0.800. The van der Waals surface area contributed by atoms with Crippen LogP contribution in [0.4, 0.5) is 16.0 Å². The molecular weight excluding hydrogens is 371 g/mol. The molecule has 7 nitrogen and oxygen atoms in total. The molecule has 2 N–H and O–H groups in total. The lowest BCUT2D eigenvalue weighted by Crippen LogP contribution is -2.47. The van der Waals surface area contributed by atoms with Gasteiger partial charge in [-0.25, -0.2) is 14.4 Å². The van der Waals surface area contributed by atoms with E-state index >= 15 is 0 Å². The number of benzene rings is 1. The Labute approximate surface area is 170 Å². The summed E-state index contributed by atoms with van der Waals surface area (Å²) in [5.74, 6) is 1.43. The van der Waals surface area contributed by atoms with Gasteiger partial charge in [-0.05, 0) is 50.0 Å². The molecule has 0 unspecified atom stereocenters. The van der Waals surface area contributed by atoms with Crippen LogP contribution in [0.25, 0.3) is 0 Å². The number of aromatic nitrogens is 2. The summed E-state index contributed by atoms with van der Waals surface area (Å²) in [4.78, 5) is 25.7. The Kier molecular flexibility index (Phi) is 5.89. The summed E-state index contributed by atoms with van der Waals surface area (Å²) < 4.78 is 13.4. The molecule has 0 bridgehead atoms. The molecule has 2 aromatic rings. The fourth-order valence-corrected chi connectivity index (χ4v) is 4.13. The van der Waals surface area contributed by atoms with E-state index in [9.17, 15) is 9.18 Å². The average Bonchev–Trinajstić information content (AvgIpc) is 2.85. The van der Waals surface area contributed by atoms with Crippen molar-refractivity contribution in [3.63, 3.8) is 0 Å². The monoisotopic (exact) mass is 398 g/mol. The van der Waals surface area contributed by atoms with Gasteiger partial charge in [0.25, 0.3) is 0 Å². The number of halogens is 1. The van der Waals surface area contributed by atoms with Crippen LogP contribution in [0.1, 0.15) is 24.0 Å². The molecule has 0 aliphatic carbocycles. The van der Waals surface area contributed by atoms with Gasteiger partial charge in [-0.2, -0.15) is 0 Å². The fourth-order valence-electron chi connectivity index (χ4n) is 4.13. The van der Waals surface area contributed by atoms with Gasteiger partial charge in [0.05, 0.1) is 18.7 Å². The molecule has 0 radical (unpaired) electrons. The summed E-state index contributed by atoms with van der Waals surface area (Å²) in [6.45, 7) is 3.31. The number of hydrogen-bond acceptors (Lipinski definition) is 6. The van der Waals surface area contributed by atoms with Crippen LogP contribution < -0.4 is 15.5 Å². The Bertz CT molecular complexity index is 870. The second-order valence-corrected chi connectivity index (χ2v) is 7.69. The number of rotatable bonds is 5. The summed E-state index contributed by atoms with van der Waals surface area (Å²) in [7, 11) is 1.90. The van der Waals surface area contributed by atoms with Crippen LogP contribution in [0, 0.1) is 5.82 Å². The molecule has 29 heavy (non-hydrogen) atoms. The zero-order valence-corrected chi connectivity index (χ0v) is 16.7. The second-order valence-electron chi connectivity index (χ2n) is 7.69. The van der Waals surface area contributed by atoms with Gasteiger partial charge in [-0.3, -0.25) is 4.79 Å². The second kappa shape index (κ2) is 8.73. The first kappa shape index (κ1) is 19.6. The molecule has 154 valence electrons. The number of anilines is 2. The van der Waals surface area contributed by atoms with Gasteiger partial charge in [0.2, 0.25) is 5.91 Å². The lowest BCUT2D eigenvalue weighted by Gasteiger charge is -2.34. The molecule has 0 spiro atoms. The Morgan fingerprint density at radius 2 is 2.07 bits per heavy atom. The third-order valence-electron chi connectivity index (χ3n) is 5.65. The molecule has 4 rings (SSSR count). The molecule has 1 fully saturated rings. The van der Waals surface area contributed by atoms with Crippen LogP contribution in [0.15, 0.2) is 30.6 Å². The highest BCUT2D eigenvalue weighted by atomic mass is 19.1. The van der Waals surface area contributed by atoms with Gasteiger partial charge in [-0.15, -0.1) is 0 Å². The van der Waals surface area contributed by atoms with E-state index < -0.39 is 0 Å². The van der Waals surface area contributed by atoms with E-state index in [1.165, 1.54) is 12.4 Å². The predicted molar refractivity (Wildman–Crippen MR) is 110 cm³/mol. The zero-order valence-electron chi connectivity index (χ0n) is 16.7. The standard InChI is InChI=1S/C21H27FN6O/c1-27-13-19(29)28(17-6-8-23-9-7-17)12-18-20(25-14-26-21(18)27)24-10-5-15-3-2-4-16(22)11-15/h2-4,11,14,17,23H,5-10,12-13H2,1H3,(H,24,25,26). The van der Waals surface area contributed by atoms with Gasteiger partial charge >= 0.3 is 0 Å². The van der Waals surface area contributed by atoms with Crippen molar-refractivity contribution in [1.29, 1.82) is 0 Å². The normalized spacial score (nSPS) is 17.8. The van der Waals surface area contributed by atoms with E-state index in [2.05, 4.69) is 20.6 Å². The summed E-state index contributed by atoms with van der Waals surface area (Å²) in [5, 5.41) is 6.74. The number of likely N-dealkylation sites (N-methyl/N-ethyl adjacent to an activating group) is 1. The molecule has 1 saturated heterocycles. The van der Waals surface area contributed by atoms with Gasteiger partial charge in [-0.1, -0.05) is 12.1 Å². The SMILES string of the molecule is CN1CC(=O)N(C2CCNCC2)Cc2c(NCCc3cccc(F)c3)ncnc21. The first-order valence-electron chi connectivity index (χ1n) is 10.2. The van der Waals surface area contributed by atoms with Crippen LogP contribution in [0.2, 0.25) is 0 Å². The molecule has 0 saturated carbocycles. The molecule has 2 aliphatic heterocycles. The number of amides is 1. The summed E-state index contributed by atoms with van der Waals surface area (Å²) in [6.07, 6.45) is 4.13. The van der Waals surface area contributed by atoms with Crippen LogP contribution in [0.5, 0.6) is 0 Å². The van der Waals surface area contributed by atoms with E-state index in [-0.39, 0.29) is 17.8 Å². The van der Waals surface area contributed by atoms with Crippen molar-refractivity contribution in [2.45, 2.75) is 31.8 Å². The van der Waals surface area contributed by atoms with Crippen molar-refractivity contribution in [2.75, 3.05) is 43.4 Å². The third-order valence-corrected chi connectivity index (χ3v) is 5.65. The lowest BCUT2D eigenvalue weighted by atomic mass is 10.0. The van der Waals surface area contributed by atoms with E-state index in [0.717, 1.165) is 48.7 Å². The van der Waals surface area contributed by atoms with E-state index in [0.29, 0.717) is 26.1 Å². The van der Waals surface area contributed by atoms with E-state index in [4.69, 9.17) is 0 Å². The first-order valence-corrected chi connectivity index (χ1v) is 10.2. The van der Waals surface area contributed by atoms with Crippen LogP contribution in [-0.4, -0.2) is 60.0 Å². The lowest BCUT2D eigenvalue weighted by molar-refractivity contribution is -0.133. The zero-order chi connectivity index (χ0) is 20.2. The van der Waals surface area contributed by atoms with Crippen molar-refractivity contribution >= 4 is 17.5 Å². The highest BCUT2D eigenvalue weighted by Gasteiger charge is 2.32. The Balaban J connectivity index is 1.53. The minimum Gasteiger partial charge on any atom is -0.369 e. The molecule has 2 aliphatic rings. The molecule has 1 amide bonds. The minimum absolute atomic E-state index is 0.128. The maximum Gasteiger partial charge on any atom is 0.242 e. The number of hydrogen-bond donors (Lipinski definition) is 2. The number of carbonyl (C=O) groups is 1. The smallest absolute Gasteiger partial charge is 0.242 e. The van der Waals surface area contributed by atoms with Gasteiger partial charge in [0, 0.05) is 19.6 Å². The van der Waals surface area contributed by atoms with Crippen molar-refractivity contribution in [3.05, 3.63) is 47.5 Å². The fraction of sp³-hybridized carbons (Fsp3) is 0.476. The molecule has 0 atom stereocenters. The maximum atomic E-state index is 13.4. The Morgan fingerprint density at radius 1 is 1.24 bits per heavy atom.